The summed E-state index contributed by atoms with van der Waals surface area (Å²) in [4.78, 5) is 51.0. The number of benzene rings is 3. The molecule has 0 radical (unpaired) electrons. The molecule has 4 rings (SSSR count). The van der Waals surface area contributed by atoms with Crippen LogP contribution in [0.15, 0.2) is 72.3 Å². The first kappa shape index (κ1) is 25.5. The average molecular weight is 520 g/mol. The summed E-state index contributed by atoms with van der Waals surface area (Å²) in [6.45, 7) is 1.66. The number of urea groups is 1. The minimum Gasteiger partial charge on any atom is -0.493 e. The number of hydrogen-bond donors (Lipinski definition) is 2. The van der Waals surface area contributed by atoms with Crippen molar-refractivity contribution in [2.24, 2.45) is 0 Å². The van der Waals surface area contributed by atoms with Crippen LogP contribution in [0, 0.1) is 6.92 Å². The molecule has 0 spiro atoms. The minimum atomic E-state index is -0.898. The number of ether oxygens (including phenoxy) is 2. The van der Waals surface area contributed by atoms with E-state index in [0.717, 1.165) is 10.5 Å². The maximum atomic E-state index is 13.1. The van der Waals surface area contributed by atoms with Gasteiger partial charge in [0.25, 0.3) is 17.7 Å². The molecule has 3 aromatic rings. The van der Waals surface area contributed by atoms with Crippen LogP contribution < -0.4 is 25.0 Å². The maximum absolute atomic E-state index is 13.1. The molecular weight excluding hydrogens is 498 g/mol. The zero-order valence-corrected chi connectivity index (χ0v) is 20.7. The minimum absolute atomic E-state index is 0.148. The lowest BCUT2D eigenvalue weighted by molar-refractivity contribution is -0.122. The van der Waals surface area contributed by atoms with Gasteiger partial charge in [0.1, 0.15) is 5.57 Å². The quantitative estimate of drug-likeness (QED) is 0.354. The number of halogens is 1. The molecule has 37 heavy (non-hydrogen) atoms. The van der Waals surface area contributed by atoms with E-state index in [1.54, 1.807) is 30.3 Å². The summed E-state index contributed by atoms with van der Waals surface area (Å²) in [6, 6.07) is 17.4. The lowest BCUT2D eigenvalue weighted by atomic mass is 10.1. The van der Waals surface area contributed by atoms with Gasteiger partial charge < -0.3 is 14.8 Å². The molecule has 0 aromatic heterocycles. The van der Waals surface area contributed by atoms with Gasteiger partial charge in [0.15, 0.2) is 18.1 Å². The highest BCUT2D eigenvalue weighted by atomic mass is 35.5. The number of rotatable bonds is 7. The van der Waals surface area contributed by atoms with Gasteiger partial charge in [0.2, 0.25) is 0 Å². The molecule has 188 valence electrons. The Labute approximate surface area is 217 Å². The van der Waals surface area contributed by atoms with E-state index in [0.29, 0.717) is 11.3 Å². The molecule has 0 aliphatic carbocycles. The Morgan fingerprint density at radius 3 is 2.54 bits per heavy atom. The van der Waals surface area contributed by atoms with Gasteiger partial charge in [-0.1, -0.05) is 41.9 Å². The van der Waals surface area contributed by atoms with E-state index in [9.17, 15) is 19.2 Å². The van der Waals surface area contributed by atoms with Crippen LogP contribution in [0.4, 0.5) is 16.2 Å². The molecule has 0 bridgehead atoms. The van der Waals surface area contributed by atoms with Crippen LogP contribution in [-0.4, -0.2) is 37.5 Å². The number of imide groups is 2. The Hall–Kier alpha value is -4.63. The molecule has 3 aromatic carbocycles. The van der Waals surface area contributed by atoms with Gasteiger partial charge in [0, 0.05) is 5.69 Å². The monoisotopic (exact) mass is 519 g/mol. The van der Waals surface area contributed by atoms with Crippen LogP contribution in [-0.2, 0) is 14.4 Å². The number of carbonyl (C=O) groups is 4. The molecule has 1 fully saturated rings. The number of aryl methyl sites for hydroxylation is 1. The number of barbiturate groups is 1. The maximum Gasteiger partial charge on any atom is 0.335 e. The summed E-state index contributed by atoms with van der Waals surface area (Å²) in [5.74, 6) is -1.45. The average Bonchev–Trinajstić information content (AvgIpc) is 2.86. The number of amides is 5. The fraction of sp³-hybridized carbons (Fsp3) is 0.111. The van der Waals surface area contributed by atoms with Gasteiger partial charge in [-0.05, 0) is 60.5 Å². The van der Waals surface area contributed by atoms with Crippen molar-refractivity contribution in [3.8, 4) is 11.5 Å². The summed E-state index contributed by atoms with van der Waals surface area (Å²) in [6.07, 6.45) is 1.32. The predicted octanol–water partition coefficient (Wildman–Crippen LogP) is 4.34. The standard InChI is InChI=1S/C27H22ClN3O6/c1-16-6-5-7-18(12-16)29-24(32)15-37-22-11-10-17(14-23(22)36-2)13-19-25(33)30-27(35)31(26(19)34)21-9-4-3-8-20(21)28/h3-14H,15H2,1-2H3,(H,29,32)(H,30,33,35)/b19-13-. The summed E-state index contributed by atoms with van der Waals surface area (Å²) in [5.41, 5.74) is 1.97. The number of methoxy groups -OCH3 is 1. The van der Waals surface area contributed by atoms with Gasteiger partial charge in [0.05, 0.1) is 17.8 Å². The fourth-order valence-corrected chi connectivity index (χ4v) is 3.85. The highest BCUT2D eigenvalue weighted by molar-refractivity contribution is 6.42. The van der Waals surface area contributed by atoms with Crippen LogP contribution in [0.25, 0.3) is 6.08 Å². The van der Waals surface area contributed by atoms with E-state index in [1.807, 2.05) is 25.1 Å². The predicted molar refractivity (Wildman–Crippen MR) is 139 cm³/mol. The van der Waals surface area contributed by atoms with Gasteiger partial charge in [-0.2, -0.15) is 0 Å². The molecule has 1 saturated heterocycles. The van der Waals surface area contributed by atoms with E-state index in [4.69, 9.17) is 21.1 Å². The molecule has 10 heteroatoms. The molecule has 0 atom stereocenters. The zero-order valence-electron chi connectivity index (χ0n) is 19.9. The van der Waals surface area contributed by atoms with Crippen molar-refractivity contribution in [3.05, 3.63) is 88.5 Å². The van der Waals surface area contributed by atoms with Gasteiger partial charge in [-0.25, -0.2) is 9.69 Å². The second-order valence-electron chi connectivity index (χ2n) is 8.03. The van der Waals surface area contributed by atoms with E-state index >= 15 is 0 Å². The Kier molecular flexibility index (Phi) is 7.55. The second kappa shape index (κ2) is 11.0. The van der Waals surface area contributed by atoms with Gasteiger partial charge in [-0.15, -0.1) is 0 Å². The first-order valence-electron chi connectivity index (χ1n) is 11.1. The SMILES string of the molecule is COc1cc(/C=C2/C(=O)NC(=O)N(c3ccccc3Cl)C2=O)ccc1OCC(=O)Nc1cccc(C)c1. The molecule has 1 heterocycles. The van der Waals surface area contributed by atoms with Crippen molar-refractivity contribution in [1.29, 1.82) is 0 Å². The highest BCUT2D eigenvalue weighted by Crippen LogP contribution is 2.31. The van der Waals surface area contributed by atoms with E-state index in [-0.39, 0.29) is 40.3 Å². The van der Waals surface area contributed by atoms with E-state index in [1.165, 1.54) is 31.4 Å². The van der Waals surface area contributed by atoms with Crippen molar-refractivity contribution in [1.82, 2.24) is 5.32 Å². The summed E-state index contributed by atoms with van der Waals surface area (Å²) < 4.78 is 11.0. The van der Waals surface area contributed by atoms with Crippen molar-refractivity contribution < 1.29 is 28.7 Å². The summed E-state index contributed by atoms with van der Waals surface area (Å²) in [7, 11) is 1.42. The molecule has 2 N–H and O–H groups in total. The third-order valence-electron chi connectivity index (χ3n) is 5.35. The third-order valence-corrected chi connectivity index (χ3v) is 5.67. The first-order chi connectivity index (χ1) is 17.8. The first-order valence-corrected chi connectivity index (χ1v) is 11.5. The van der Waals surface area contributed by atoms with E-state index in [2.05, 4.69) is 10.6 Å². The Balaban J connectivity index is 1.52. The van der Waals surface area contributed by atoms with Crippen LogP contribution in [0.5, 0.6) is 11.5 Å². The van der Waals surface area contributed by atoms with Crippen molar-refractivity contribution >= 4 is 52.8 Å². The van der Waals surface area contributed by atoms with Crippen molar-refractivity contribution in [3.63, 3.8) is 0 Å². The van der Waals surface area contributed by atoms with Crippen LogP contribution in [0.2, 0.25) is 5.02 Å². The normalized spacial score (nSPS) is 14.4. The largest absolute Gasteiger partial charge is 0.493 e. The Morgan fingerprint density at radius 2 is 1.81 bits per heavy atom. The van der Waals surface area contributed by atoms with E-state index < -0.39 is 17.8 Å². The number of anilines is 2. The van der Waals surface area contributed by atoms with Gasteiger partial charge in [-0.3, -0.25) is 19.7 Å². The van der Waals surface area contributed by atoms with Gasteiger partial charge >= 0.3 is 6.03 Å². The number of para-hydroxylation sites is 1. The highest BCUT2D eigenvalue weighted by Gasteiger charge is 2.37. The molecule has 1 aliphatic heterocycles. The lowest BCUT2D eigenvalue weighted by Gasteiger charge is -2.27. The van der Waals surface area contributed by atoms with Crippen LogP contribution >= 0.6 is 11.6 Å². The third kappa shape index (κ3) is 5.79. The number of carbonyl (C=O) groups excluding carboxylic acids is 4. The van der Waals surface area contributed by atoms with Crippen molar-refractivity contribution in [2.75, 3.05) is 23.9 Å². The molecular formula is C27H22ClN3O6. The zero-order chi connectivity index (χ0) is 26.5. The Bertz CT molecular complexity index is 1440. The second-order valence-corrected chi connectivity index (χ2v) is 8.43. The molecule has 9 nitrogen and oxygen atoms in total. The molecule has 5 amide bonds. The van der Waals surface area contributed by atoms with Crippen molar-refractivity contribution in [2.45, 2.75) is 6.92 Å². The van der Waals surface area contributed by atoms with Crippen LogP contribution in [0.1, 0.15) is 11.1 Å². The fourth-order valence-electron chi connectivity index (χ4n) is 3.63. The van der Waals surface area contributed by atoms with Crippen LogP contribution in [0.3, 0.4) is 0 Å². The topological polar surface area (TPSA) is 114 Å². The molecule has 0 saturated carbocycles. The number of nitrogens with zero attached hydrogens (tertiary/aromatic N) is 1. The number of hydrogen-bond acceptors (Lipinski definition) is 6. The smallest absolute Gasteiger partial charge is 0.335 e. The Morgan fingerprint density at radius 1 is 1.03 bits per heavy atom. The molecule has 1 aliphatic rings. The summed E-state index contributed by atoms with van der Waals surface area (Å²) in [5, 5.41) is 5.08. The molecule has 0 unspecified atom stereocenters. The lowest BCUT2D eigenvalue weighted by Crippen LogP contribution is -2.54. The summed E-state index contributed by atoms with van der Waals surface area (Å²) >= 11 is 6.16. The number of nitrogens with one attached hydrogen (secondary N) is 2.